The van der Waals surface area contributed by atoms with E-state index in [9.17, 15) is 4.39 Å². The summed E-state index contributed by atoms with van der Waals surface area (Å²) in [5, 5.41) is 13.3. The number of hydrogen-bond acceptors (Lipinski definition) is 8. The van der Waals surface area contributed by atoms with Gasteiger partial charge in [0.25, 0.3) is 0 Å². The molecule has 2 aromatic carbocycles. The van der Waals surface area contributed by atoms with Gasteiger partial charge in [0.2, 0.25) is 11.7 Å². The SMILES string of the molecule is C=CCn1c(SCc2nc(-c3ccc(F)cc3)no2)nnc1C1COc2ccccc2O1. The van der Waals surface area contributed by atoms with E-state index in [0.29, 0.717) is 58.7 Å². The molecular weight excluding hydrogens is 433 g/mol. The zero-order chi connectivity index (χ0) is 21.9. The van der Waals surface area contributed by atoms with Crippen LogP contribution in [0.3, 0.4) is 0 Å². The van der Waals surface area contributed by atoms with Crippen molar-refractivity contribution in [1.82, 2.24) is 24.9 Å². The number of allylic oxidation sites excluding steroid dienone is 1. The third-order valence-corrected chi connectivity index (χ3v) is 5.70. The Kier molecular flexibility index (Phi) is 5.59. The Morgan fingerprint density at radius 2 is 1.94 bits per heavy atom. The minimum atomic E-state index is -0.389. The first kappa shape index (κ1) is 20.3. The number of thioether (sulfide) groups is 1. The molecule has 162 valence electrons. The second-order valence-electron chi connectivity index (χ2n) is 6.91. The Labute approximate surface area is 187 Å². The molecular formula is C22H18FN5O3S. The molecule has 0 bridgehead atoms. The van der Waals surface area contributed by atoms with Gasteiger partial charge in [-0.1, -0.05) is 35.1 Å². The van der Waals surface area contributed by atoms with Gasteiger partial charge in [0.1, 0.15) is 12.4 Å². The number of aromatic nitrogens is 5. The van der Waals surface area contributed by atoms with E-state index in [0.717, 1.165) is 0 Å². The van der Waals surface area contributed by atoms with E-state index in [-0.39, 0.29) is 11.9 Å². The first-order valence-corrected chi connectivity index (χ1v) is 10.8. The van der Waals surface area contributed by atoms with E-state index < -0.39 is 0 Å². The Bertz CT molecular complexity index is 1240. The van der Waals surface area contributed by atoms with Crippen molar-refractivity contribution in [3.05, 3.63) is 78.7 Å². The van der Waals surface area contributed by atoms with Crippen molar-refractivity contribution in [2.45, 2.75) is 23.6 Å². The van der Waals surface area contributed by atoms with Crippen LogP contribution in [0.25, 0.3) is 11.4 Å². The smallest absolute Gasteiger partial charge is 0.237 e. The number of ether oxygens (including phenoxy) is 2. The molecule has 1 unspecified atom stereocenters. The van der Waals surface area contributed by atoms with Crippen LogP contribution in [0, 0.1) is 5.82 Å². The number of para-hydroxylation sites is 2. The van der Waals surface area contributed by atoms with Crippen LogP contribution in [0.15, 0.2) is 70.9 Å². The lowest BCUT2D eigenvalue weighted by Gasteiger charge is -2.26. The molecule has 1 atom stereocenters. The second-order valence-corrected chi connectivity index (χ2v) is 7.85. The van der Waals surface area contributed by atoms with Crippen LogP contribution in [0.2, 0.25) is 0 Å². The Hall–Kier alpha value is -3.66. The fraction of sp³-hybridized carbons (Fsp3) is 0.182. The lowest BCUT2D eigenvalue weighted by molar-refractivity contribution is 0.0821. The number of hydrogen-bond donors (Lipinski definition) is 0. The molecule has 0 fully saturated rings. The van der Waals surface area contributed by atoms with Gasteiger partial charge in [-0.25, -0.2) is 4.39 Å². The predicted octanol–water partition coefficient (Wildman–Crippen LogP) is 4.46. The fourth-order valence-corrected chi connectivity index (χ4v) is 4.04. The highest BCUT2D eigenvalue weighted by atomic mass is 32.2. The molecule has 3 heterocycles. The molecule has 0 saturated carbocycles. The minimum Gasteiger partial charge on any atom is -0.485 e. The number of rotatable bonds is 7. The second kappa shape index (κ2) is 8.83. The summed E-state index contributed by atoms with van der Waals surface area (Å²) in [6.45, 7) is 4.68. The average Bonchev–Trinajstić information content (AvgIpc) is 3.45. The van der Waals surface area contributed by atoms with Crippen molar-refractivity contribution in [2.24, 2.45) is 0 Å². The Balaban J connectivity index is 1.31. The van der Waals surface area contributed by atoms with Crippen molar-refractivity contribution >= 4 is 11.8 Å². The maximum Gasteiger partial charge on any atom is 0.237 e. The summed E-state index contributed by atoms with van der Waals surface area (Å²) in [5.74, 6) is 2.94. The van der Waals surface area contributed by atoms with Gasteiger partial charge in [0, 0.05) is 12.1 Å². The van der Waals surface area contributed by atoms with Gasteiger partial charge in [0.15, 0.2) is 28.6 Å². The number of halogens is 1. The maximum atomic E-state index is 13.1. The first-order chi connectivity index (χ1) is 15.7. The third kappa shape index (κ3) is 4.09. The lowest BCUT2D eigenvalue weighted by atomic mass is 10.2. The molecule has 4 aromatic rings. The van der Waals surface area contributed by atoms with E-state index in [4.69, 9.17) is 14.0 Å². The van der Waals surface area contributed by atoms with Crippen molar-refractivity contribution in [2.75, 3.05) is 6.61 Å². The molecule has 1 aliphatic rings. The van der Waals surface area contributed by atoms with Gasteiger partial charge in [-0.3, -0.25) is 4.57 Å². The summed E-state index contributed by atoms with van der Waals surface area (Å²) in [6, 6.07) is 13.4. The van der Waals surface area contributed by atoms with Gasteiger partial charge < -0.3 is 14.0 Å². The molecule has 0 aliphatic carbocycles. The van der Waals surface area contributed by atoms with Crippen molar-refractivity contribution in [1.29, 1.82) is 0 Å². The summed E-state index contributed by atoms with van der Waals surface area (Å²) >= 11 is 1.41. The highest BCUT2D eigenvalue weighted by Crippen LogP contribution is 2.36. The van der Waals surface area contributed by atoms with E-state index in [1.54, 1.807) is 18.2 Å². The van der Waals surface area contributed by atoms with E-state index >= 15 is 0 Å². The maximum absolute atomic E-state index is 13.1. The van der Waals surface area contributed by atoms with Crippen LogP contribution in [-0.4, -0.2) is 31.5 Å². The highest BCUT2D eigenvalue weighted by Gasteiger charge is 2.28. The number of benzene rings is 2. The van der Waals surface area contributed by atoms with Gasteiger partial charge in [-0.15, -0.1) is 16.8 Å². The molecule has 8 nitrogen and oxygen atoms in total. The largest absolute Gasteiger partial charge is 0.485 e. The fourth-order valence-electron chi connectivity index (χ4n) is 3.25. The average molecular weight is 451 g/mol. The molecule has 0 saturated heterocycles. The molecule has 2 aromatic heterocycles. The minimum absolute atomic E-state index is 0.318. The molecule has 10 heteroatoms. The zero-order valence-electron chi connectivity index (χ0n) is 16.8. The topological polar surface area (TPSA) is 88.1 Å². The predicted molar refractivity (Wildman–Crippen MR) is 115 cm³/mol. The van der Waals surface area contributed by atoms with Gasteiger partial charge in [-0.05, 0) is 36.4 Å². The van der Waals surface area contributed by atoms with Crippen molar-refractivity contribution in [3.8, 4) is 22.9 Å². The molecule has 32 heavy (non-hydrogen) atoms. The normalized spacial score (nSPS) is 15.0. The standard InChI is InChI=1S/C22H18FN5O3S/c1-2-11-28-21(18-12-29-16-5-3-4-6-17(16)30-18)25-26-22(28)32-13-19-24-20(27-31-19)14-7-9-15(23)10-8-14/h2-10,18H,1,11-13H2. The Morgan fingerprint density at radius 3 is 2.75 bits per heavy atom. The van der Waals surface area contributed by atoms with Gasteiger partial charge in [-0.2, -0.15) is 4.98 Å². The van der Waals surface area contributed by atoms with Gasteiger partial charge in [0.05, 0.1) is 5.75 Å². The van der Waals surface area contributed by atoms with Gasteiger partial charge >= 0.3 is 0 Å². The first-order valence-electron chi connectivity index (χ1n) is 9.85. The Morgan fingerprint density at radius 1 is 1.12 bits per heavy atom. The molecule has 5 rings (SSSR count). The van der Waals surface area contributed by atoms with Crippen molar-refractivity contribution in [3.63, 3.8) is 0 Å². The summed E-state index contributed by atoms with van der Waals surface area (Å²) in [4.78, 5) is 4.38. The number of fused-ring (bicyclic) bond motifs is 1. The van der Waals surface area contributed by atoms with E-state index in [1.165, 1.54) is 23.9 Å². The molecule has 0 amide bonds. The lowest BCUT2D eigenvalue weighted by Crippen LogP contribution is -2.25. The number of nitrogens with zero attached hydrogens (tertiary/aromatic N) is 5. The van der Waals surface area contributed by atoms with Crippen LogP contribution >= 0.6 is 11.8 Å². The summed E-state index contributed by atoms with van der Waals surface area (Å²) in [5.41, 5.74) is 0.679. The van der Waals surface area contributed by atoms with Crippen LogP contribution in [0.5, 0.6) is 11.5 Å². The van der Waals surface area contributed by atoms with Crippen LogP contribution in [0.1, 0.15) is 17.8 Å². The van der Waals surface area contributed by atoms with Crippen LogP contribution in [0.4, 0.5) is 4.39 Å². The third-order valence-electron chi connectivity index (χ3n) is 4.75. The van der Waals surface area contributed by atoms with Crippen LogP contribution < -0.4 is 9.47 Å². The molecule has 1 aliphatic heterocycles. The van der Waals surface area contributed by atoms with Crippen LogP contribution in [-0.2, 0) is 12.3 Å². The highest BCUT2D eigenvalue weighted by molar-refractivity contribution is 7.98. The van der Waals surface area contributed by atoms with Crippen molar-refractivity contribution < 1.29 is 18.4 Å². The molecule has 0 N–H and O–H groups in total. The summed E-state index contributed by atoms with van der Waals surface area (Å²) in [6.07, 6.45) is 1.38. The van der Waals surface area contributed by atoms with E-state index in [1.807, 2.05) is 28.8 Å². The molecule has 0 radical (unpaired) electrons. The zero-order valence-corrected chi connectivity index (χ0v) is 17.7. The summed E-state index contributed by atoms with van der Waals surface area (Å²) in [7, 11) is 0. The van der Waals surface area contributed by atoms with E-state index in [2.05, 4.69) is 26.9 Å². The molecule has 0 spiro atoms. The summed E-state index contributed by atoms with van der Waals surface area (Å²) < 4.78 is 32.3. The monoisotopic (exact) mass is 451 g/mol. The quantitative estimate of drug-likeness (QED) is 0.301.